The molecular formula is C23H23NO5S. The second-order valence-corrected chi connectivity index (χ2v) is 8.08. The summed E-state index contributed by atoms with van der Waals surface area (Å²) in [6.45, 7) is 5.18. The molecule has 0 amide bonds. The minimum Gasteiger partial charge on any atom is -0.457 e. The number of Topliss-reactive ketones (excluding diaryl/α,β-unsaturated/α-hetero) is 1. The van der Waals surface area contributed by atoms with Crippen molar-refractivity contribution in [1.29, 1.82) is 0 Å². The predicted octanol–water partition coefficient (Wildman–Crippen LogP) is 4.31. The van der Waals surface area contributed by atoms with Crippen LogP contribution >= 0.6 is 0 Å². The normalized spacial score (nSPS) is 12.0. The maximum Gasteiger partial charge on any atom is 0.379 e. The third-order valence-corrected chi connectivity index (χ3v) is 5.15. The van der Waals surface area contributed by atoms with E-state index >= 15 is 0 Å². The molecule has 2 aromatic carbocycles. The Morgan fingerprint density at radius 3 is 2.27 bits per heavy atom. The lowest BCUT2D eigenvalue weighted by Crippen LogP contribution is -2.21. The van der Waals surface area contributed by atoms with Crippen LogP contribution in [-0.2, 0) is 26.4 Å². The highest BCUT2D eigenvalue weighted by Gasteiger charge is 2.26. The van der Waals surface area contributed by atoms with E-state index in [9.17, 15) is 13.8 Å². The van der Waals surface area contributed by atoms with Crippen LogP contribution in [-0.4, -0.2) is 31.2 Å². The minimum atomic E-state index is -1.92. The van der Waals surface area contributed by atoms with E-state index in [0.29, 0.717) is 5.69 Å². The van der Waals surface area contributed by atoms with Crippen molar-refractivity contribution < 1.29 is 23.1 Å². The van der Waals surface area contributed by atoms with Crippen molar-refractivity contribution in [2.24, 2.45) is 0 Å². The fourth-order valence-corrected chi connectivity index (χ4v) is 3.73. The Morgan fingerprint density at radius 2 is 1.70 bits per heavy atom. The molecule has 0 aliphatic rings. The summed E-state index contributed by atoms with van der Waals surface area (Å²) in [5.74, 6) is -1.53. The van der Waals surface area contributed by atoms with Gasteiger partial charge in [0, 0.05) is 11.4 Å². The van der Waals surface area contributed by atoms with Gasteiger partial charge in [-0.05, 0) is 50.1 Å². The van der Waals surface area contributed by atoms with E-state index in [1.807, 2.05) is 47.0 Å². The van der Waals surface area contributed by atoms with Gasteiger partial charge in [0.1, 0.15) is 0 Å². The third-order valence-electron chi connectivity index (χ3n) is 4.57. The molecule has 0 fully saturated rings. The van der Waals surface area contributed by atoms with Gasteiger partial charge >= 0.3 is 5.97 Å². The van der Waals surface area contributed by atoms with Crippen molar-refractivity contribution in [1.82, 2.24) is 4.57 Å². The quantitative estimate of drug-likeness (QED) is 0.264. The summed E-state index contributed by atoms with van der Waals surface area (Å²) < 4.78 is 27.1. The summed E-state index contributed by atoms with van der Waals surface area (Å²) >= 11 is -1.92. The van der Waals surface area contributed by atoms with Crippen molar-refractivity contribution in [3.8, 4) is 16.9 Å². The van der Waals surface area contributed by atoms with Gasteiger partial charge < -0.3 is 13.9 Å². The van der Waals surface area contributed by atoms with Crippen LogP contribution in [0.5, 0.6) is 0 Å². The van der Waals surface area contributed by atoms with E-state index in [1.54, 1.807) is 39.0 Å². The molecule has 1 N–H and O–H groups in total. The molecule has 0 saturated carbocycles. The Bertz CT molecular complexity index is 1080. The number of aromatic nitrogens is 1. The van der Waals surface area contributed by atoms with E-state index < -0.39 is 22.8 Å². The molecule has 6 nitrogen and oxygen atoms in total. The van der Waals surface area contributed by atoms with Gasteiger partial charge in [0.15, 0.2) is 11.1 Å². The maximum atomic E-state index is 12.8. The monoisotopic (exact) mass is 425 g/mol. The number of hydrogen-bond acceptors (Lipinski definition) is 4. The molecule has 0 aliphatic heterocycles. The number of rotatable bonds is 7. The second-order valence-electron chi connectivity index (χ2n) is 7.15. The van der Waals surface area contributed by atoms with E-state index in [1.165, 1.54) is 0 Å². The summed E-state index contributed by atoms with van der Waals surface area (Å²) in [7, 11) is 0. The molecule has 0 radical (unpaired) electrons. The van der Waals surface area contributed by atoms with E-state index in [-0.39, 0.29) is 17.4 Å². The number of carbonyl (C=O) groups is 2. The van der Waals surface area contributed by atoms with E-state index in [4.69, 9.17) is 9.29 Å². The smallest absolute Gasteiger partial charge is 0.379 e. The lowest BCUT2D eigenvalue weighted by atomic mass is 10.1. The molecule has 0 aliphatic carbocycles. The lowest BCUT2D eigenvalue weighted by Gasteiger charge is -2.13. The van der Waals surface area contributed by atoms with Gasteiger partial charge in [0.25, 0.3) is 5.78 Å². The van der Waals surface area contributed by atoms with Crippen LogP contribution in [0.4, 0.5) is 0 Å². The van der Waals surface area contributed by atoms with Crippen molar-refractivity contribution in [2.45, 2.75) is 32.6 Å². The van der Waals surface area contributed by atoms with Crippen LogP contribution < -0.4 is 0 Å². The van der Waals surface area contributed by atoms with Gasteiger partial charge in [0.2, 0.25) is 0 Å². The Morgan fingerprint density at radius 1 is 1.07 bits per heavy atom. The van der Waals surface area contributed by atoms with Crippen LogP contribution in [0.25, 0.3) is 16.9 Å². The fraction of sp³-hybridized carbons (Fsp3) is 0.217. The summed E-state index contributed by atoms with van der Waals surface area (Å²) in [6, 6.07) is 18.4. The maximum absolute atomic E-state index is 12.8. The molecule has 3 aromatic rings. The van der Waals surface area contributed by atoms with Gasteiger partial charge in [-0.2, -0.15) is 0 Å². The Hall–Kier alpha value is -3.03. The summed E-state index contributed by atoms with van der Waals surface area (Å²) in [5, 5.41) is 0. The van der Waals surface area contributed by atoms with Crippen molar-refractivity contribution in [3.63, 3.8) is 0 Å². The van der Waals surface area contributed by atoms with Crippen molar-refractivity contribution >= 4 is 22.8 Å². The first-order valence-electron chi connectivity index (χ1n) is 9.47. The average molecular weight is 426 g/mol. The number of nitrogens with zero attached hydrogens (tertiary/aromatic N) is 1. The number of ether oxygens (including phenoxy) is 1. The number of esters is 1. The first kappa shape index (κ1) is 21.7. The zero-order chi connectivity index (χ0) is 21.8. The number of carbonyl (C=O) groups excluding carboxylic acids is 2. The molecule has 156 valence electrons. The zero-order valence-electron chi connectivity index (χ0n) is 17.0. The summed E-state index contributed by atoms with van der Waals surface area (Å²) in [5.41, 5.74) is 4.03. The van der Waals surface area contributed by atoms with Crippen molar-refractivity contribution in [3.05, 3.63) is 77.5 Å². The topological polar surface area (TPSA) is 85.6 Å². The first-order valence-corrected chi connectivity index (χ1v) is 10.8. The molecular weight excluding hydrogens is 402 g/mol. The molecule has 0 spiro atoms. The molecule has 3 rings (SSSR count). The molecule has 1 heterocycles. The lowest BCUT2D eigenvalue weighted by molar-refractivity contribution is -0.141. The number of benzene rings is 2. The summed E-state index contributed by atoms with van der Waals surface area (Å²) in [4.78, 5) is 25.0. The Labute approximate surface area is 177 Å². The highest BCUT2D eigenvalue weighted by molar-refractivity contribution is 7.78. The van der Waals surface area contributed by atoms with Crippen LogP contribution in [0.1, 0.15) is 35.5 Å². The average Bonchev–Trinajstić information content (AvgIpc) is 3.04. The fourth-order valence-electron chi connectivity index (χ4n) is 3.25. The number of ketones is 1. The summed E-state index contributed by atoms with van der Waals surface area (Å²) in [6.07, 6.45) is -0.387. The van der Waals surface area contributed by atoms with E-state index in [0.717, 1.165) is 22.5 Å². The Balaban J connectivity index is 2.11. The van der Waals surface area contributed by atoms with Gasteiger partial charge in [-0.15, -0.1) is 0 Å². The number of hydrogen-bond donors (Lipinski definition) is 1. The molecule has 7 heteroatoms. The minimum absolute atomic E-state index is 0.0454. The highest BCUT2D eigenvalue weighted by atomic mass is 32.2. The largest absolute Gasteiger partial charge is 0.457 e. The first-order chi connectivity index (χ1) is 14.3. The van der Waals surface area contributed by atoms with Crippen LogP contribution in [0, 0.1) is 6.92 Å². The third kappa shape index (κ3) is 4.75. The van der Waals surface area contributed by atoms with Gasteiger partial charge in [-0.3, -0.25) is 4.79 Å². The molecule has 0 saturated heterocycles. The molecule has 0 bridgehead atoms. The van der Waals surface area contributed by atoms with Crippen LogP contribution in [0.3, 0.4) is 0 Å². The van der Waals surface area contributed by atoms with Gasteiger partial charge in [0.05, 0.1) is 23.1 Å². The van der Waals surface area contributed by atoms with Crippen molar-refractivity contribution in [2.75, 3.05) is 0 Å². The molecule has 1 aromatic heterocycles. The SMILES string of the molecule is Cc1c(C(=O)C(=O)OC(C)C)cc(-c2ccc(CS(=O)O)cc2)n1-c1ccccc1. The second kappa shape index (κ2) is 9.19. The van der Waals surface area contributed by atoms with Gasteiger partial charge in [-0.25, -0.2) is 9.00 Å². The number of para-hydroxylation sites is 1. The standard InChI is InChI=1S/C23H23NO5S/c1-15(2)29-23(26)22(25)20-13-21(18-11-9-17(10-12-18)14-30(27)28)24(16(20)3)19-7-5-4-6-8-19/h4-13,15H,14H2,1-3H3,(H,27,28). The highest BCUT2D eigenvalue weighted by Crippen LogP contribution is 2.30. The van der Waals surface area contributed by atoms with Crippen LogP contribution in [0.2, 0.25) is 0 Å². The molecule has 1 atom stereocenters. The molecule has 30 heavy (non-hydrogen) atoms. The van der Waals surface area contributed by atoms with E-state index in [2.05, 4.69) is 0 Å². The predicted molar refractivity (Wildman–Crippen MR) is 116 cm³/mol. The molecule has 1 unspecified atom stereocenters. The van der Waals surface area contributed by atoms with Gasteiger partial charge in [-0.1, -0.05) is 42.5 Å². The Kier molecular flexibility index (Phi) is 6.64. The zero-order valence-corrected chi connectivity index (χ0v) is 17.8. The van der Waals surface area contributed by atoms with Crippen LogP contribution in [0.15, 0.2) is 60.7 Å².